The molecule has 0 heterocycles. The van der Waals surface area contributed by atoms with Crippen LogP contribution in [0.5, 0.6) is 0 Å². The van der Waals surface area contributed by atoms with Crippen molar-refractivity contribution in [3.8, 4) is 0 Å². The smallest absolute Gasteiger partial charge is 0.0762 e. The Morgan fingerprint density at radius 1 is 1.15 bits per heavy atom. The van der Waals surface area contributed by atoms with Crippen LogP contribution in [0.25, 0.3) is 0 Å². The minimum absolute atomic E-state index is 0.504. The van der Waals surface area contributed by atoms with Gasteiger partial charge in [0, 0.05) is 12.2 Å². The fourth-order valence-corrected chi connectivity index (χ4v) is 2.51. The van der Waals surface area contributed by atoms with Crippen molar-refractivity contribution in [1.29, 1.82) is 0 Å². The largest absolute Gasteiger partial charge is 0.389 e. The van der Waals surface area contributed by atoms with E-state index >= 15 is 0 Å². The first-order valence-corrected chi connectivity index (χ1v) is 7.22. The number of rotatable bonds is 4. The van der Waals surface area contributed by atoms with E-state index in [0.29, 0.717) is 5.02 Å². The summed E-state index contributed by atoms with van der Waals surface area (Å²) < 4.78 is 0. The normalized spacial score (nSPS) is 12.2. The summed E-state index contributed by atoms with van der Waals surface area (Å²) in [6, 6.07) is 14.1. The number of aryl methyl sites for hydroxylation is 1. The summed E-state index contributed by atoms with van der Waals surface area (Å²) in [7, 11) is 0. The van der Waals surface area contributed by atoms with Gasteiger partial charge < -0.3 is 10.0 Å². The Labute approximate surface area is 125 Å². The molecule has 0 radical (unpaired) electrons. The lowest BCUT2D eigenvalue weighted by Gasteiger charge is -2.25. The molecule has 0 saturated heterocycles. The third-order valence-corrected chi connectivity index (χ3v) is 3.71. The molecule has 0 amide bonds. The van der Waals surface area contributed by atoms with Crippen LogP contribution in [0.4, 0.5) is 11.4 Å². The van der Waals surface area contributed by atoms with Crippen LogP contribution in [0.3, 0.4) is 0 Å². The molecule has 2 nitrogen and oxygen atoms in total. The summed E-state index contributed by atoms with van der Waals surface area (Å²) in [6.07, 6.45) is -0.504. The molecule has 0 spiro atoms. The van der Waals surface area contributed by atoms with Crippen molar-refractivity contribution in [2.24, 2.45) is 0 Å². The van der Waals surface area contributed by atoms with E-state index in [-0.39, 0.29) is 0 Å². The number of halogens is 1. The predicted octanol–water partition coefficient (Wildman–Crippen LogP) is 4.86. The Kier molecular flexibility index (Phi) is 4.69. The zero-order valence-corrected chi connectivity index (χ0v) is 12.9. The van der Waals surface area contributed by atoms with E-state index in [1.807, 2.05) is 18.2 Å². The molecule has 0 aliphatic carbocycles. The molecule has 1 N–H and O–H groups in total. The van der Waals surface area contributed by atoms with Gasteiger partial charge in [-0.1, -0.05) is 35.4 Å². The summed E-state index contributed by atoms with van der Waals surface area (Å²) in [4.78, 5) is 2.16. The van der Waals surface area contributed by atoms with Crippen LogP contribution in [0.2, 0.25) is 5.02 Å². The summed E-state index contributed by atoms with van der Waals surface area (Å²) in [5.74, 6) is 0. The first-order chi connectivity index (χ1) is 9.52. The highest BCUT2D eigenvalue weighted by molar-refractivity contribution is 6.33. The van der Waals surface area contributed by atoms with Crippen LogP contribution in [0.15, 0.2) is 42.5 Å². The highest BCUT2D eigenvalue weighted by atomic mass is 35.5. The highest BCUT2D eigenvalue weighted by Gasteiger charge is 2.12. The highest BCUT2D eigenvalue weighted by Crippen LogP contribution is 2.33. The maximum atomic E-state index is 9.61. The maximum Gasteiger partial charge on any atom is 0.0762 e. The van der Waals surface area contributed by atoms with Gasteiger partial charge in [-0.15, -0.1) is 0 Å². The Hall–Kier alpha value is -1.51. The van der Waals surface area contributed by atoms with Gasteiger partial charge in [0.15, 0.2) is 0 Å². The Morgan fingerprint density at radius 3 is 2.30 bits per heavy atom. The van der Waals surface area contributed by atoms with Gasteiger partial charge in [0.05, 0.1) is 16.8 Å². The topological polar surface area (TPSA) is 23.5 Å². The predicted molar refractivity (Wildman–Crippen MR) is 85.9 cm³/mol. The standard InChI is InChI=1S/C17H20ClNO/c1-4-19(15-8-5-12(2)6-9-15)17-10-7-14(13(3)20)11-16(17)18/h5-11,13,20H,4H2,1-3H3. The van der Waals surface area contributed by atoms with E-state index < -0.39 is 6.10 Å². The SMILES string of the molecule is CCN(c1ccc(C)cc1)c1ccc(C(C)O)cc1Cl. The monoisotopic (exact) mass is 289 g/mol. The molecular formula is C17H20ClNO. The van der Waals surface area contributed by atoms with Gasteiger partial charge in [-0.2, -0.15) is 0 Å². The molecule has 0 fully saturated rings. The van der Waals surface area contributed by atoms with Gasteiger partial charge in [0.1, 0.15) is 0 Å². The zero-order chi connectivity index (χ0) is 14.7. The second-order valence-corrected chi connectivity index (χ2v) is 5.37. The minimum Gasteiger partial charge on any atom is -0.389 e. The number of anilines is 2. The lowest BCUT2D eigenvalue weighted by molar-refractivity contribution is 0.199. The lowest BCUT2D eigenvalue weighted by Crippen LogP contribution is -2.16. The van der Waals surface area contributed by atoms with Crippen molar-refractivity contribution in [3.63, 3.8) is 0 Å². The summed E-state index contributed by atoms with van der Waals surface area (Å²) >= 11 is 6.38. The maximum absolute atomic E-state index is 9.61. The molecule has 2 rings (SSSR count). The number of aliphatic hydroxyl groups is 1. The van der Waals surface area contributed by atoms with Crippen LogP contribution < -0.4 is 4.90 Å². The fourth-order valence-electron chi connectivity index (χ4n) is 2.22. The number of benzene rings is 2. The number of hydrogen-bond acceptors (Lipinski definition) is 2. The molecule has 1 unspecified atom stereocenters. The van der Waals surface area contributed by atoms with E-state index in [2.05, 4.69) is 43.0 Å². The van der Waals surface area contributed by atoms with Gasteiger partial charge in [-0.05, 0) is 50.6 Å². The molecule has 0 saturated carbocycles. The number of aliphatic hydroxyl groups excluding tert-OH is 1. The van der Waals surface area contributed by atoms with Gasteiger partial charge in [0.2, 0.25) is 0 Å². The first kappa shape index (κ1) is 14.9. The summed E-state index contributed by atoms with van der Waals surface area (Å²) in [5, 5.41) is 10.3. The Balaban J connectivity index is 2.39. The lowest BCUT2D eigenvalue weighted by atomic mass is 10.1. The van der Waals surface area contributed by atoms with Crippen molar-refractivity contribution in [2.75, 3.05) is 11.4 Å². The van der Waals surface area contributed by atoms with Crippen molar-refractivity contribution in [3.05, 3.63) is 58.6 Å². The van der Waals surface area contributed by atoms with Crippen molar-refractivity contribution < 1.29 is 5.11 Å². The van der Waals surface area contributed by atoms with E-state index in [0.717, 1.165) is 23.5 Å². The van der Waals surface area contributed by atoms with Crippen LogP contribution in [0.1, 0.15) is 31.1 Å². The van der Waals surface area contributed by atoms with Gasteiger partial charge in [-0.25, -0.2) is 0 Å². The average molecular weight is 290 g/mol. The molecule has 0 aromatic heterocycles. The molecule has 2 aromatic rings. The van der Waals surface area contributed by atoms with Gasteiger partial charge >= 0.3 is 0 Å². The molecule has 0 aliphatic rings. The van der Waals surface area contributed by atoms with Crippen LogP contribution in [-0.2, 0) is 0 Å². The van der Waals surface area contributed by atoms with E-state index in [1.165, 1.54) is 5.56 Å². The third kappa shape index (κ3) is 3.14. The average Bonchev–Trinajstić information content (AvgIpc) is 2.43. The van der Waals surface area contributed by atoms with Crippen LogP contribution in [0, 0.1) is 6.92 Å². The molecule has 2 aromatic carbocycles. The van der Waals surface area contributed by atoms with Crippen LogP contribution >= 0.6 is 11.6 Å². The van der Waals surface area contributed by atoms with E-state index in [4.69, 9.17) is 11.6 Å². The fraction of sp³-hybridized carbons (Fsp3) is 0.294. The minimum atomic E-state index is -0.504. The molecule has 3 heteroatoms. The Bertz CT molecular complexity index is 578. The molecule has 106 valence electrons. The van der Waals surface area contributed by atoms with Crippen molar-refractivity contribution in [1.82, 2.24) is 0 Å². The third-order valence-electron chi connectivity index (χ3n) is 3.41. The summed E-state index contributed by atoms with van der Waals surface area (Å²) in [5.41, 5.74) is 4.14. The van der Waals surface area contributed by atoms with Gasteiger partial charge in [-0.3, -0.25) is 0 Å². The van der Waals surface area contributed by atoms with E-state index in [9.17, 15) is 5.11 Å². The first-order valence-electron chi connectivity index (χ1n) is 6.84. The number of nitrogens with zero attached hydrogens (tertiary/aromatic N) is 1. The quantitative estimate of drug-likeness (QED) is 0.869. The van der Waals surface area contributed by atoms with Gasteiger partial charge in [0.25, 0.3) is 0 Å². The van der Waals surface area contributed by atoms with Crippen molar-refractivity contribution >= 4 is 23.0 Å². The Morgan fingerprint density at radius 2 is 1.80 bits per heavy atom. The molecule has 0 aliphatic heterocycles. The van der Waals surface area contributed by atoms with Crippen molar-refractivity contribution in [2.45, 2.75) is 26.9 Å². The second-order valence-electron chi connectivity index (χ2n) is 4.97. The molecule has 0 bridgehead atoms. The van der Waals surface area contributed by atoms with E-state index in [1.54, 1.807) is 6.92 Å². The molecule has 20 heavy (non-hydrogen) atoms. The van der Waals surface area contributed by atoms with Crippen LogP contribution in [-0.4, -0.2) is 11.7 Å². The molecular weight excluding hydrogens is 270 g/mol. The summed E-state index contributed by atoms with van der Waals surface area (Å²) in [6.45, 7) is 6.74. The zero-order valence-electron chi connectivity index (χ0n) is 12.1. The molecule has 1 atom stereocenters. The second kappa shape index (κ2) is 6.29. The number of hydrogen-bond donors (Lipinski definition) is 1.